The van der Waals surface area contributed by atoms with Gasteiger partial charge in [-0.05, 0) is 0 Å². The molecule has 3 N–H and O–H groups in total. The summed E-state index contributed by atoms with van der Waals surface area (Å²) in [5, 5.41) is 0. The van der Waals surface area contributed by atoms with Crippen molar-refractivity contribution in [1.82, 2.24) is 0 Å². The third-order valence-electron chi connectivity index (χ3n) is 0.376. The fourth-order valence-corrected chi connectivity index (χ4v) is 0.447. The van der Waals surface area contributed by atoms with E-state index in [0.717, 1.165) is 0 Å². The minimum atomic E-state index is -3.80. The van der Waals surface area contributed by atoms with E-state index in [4.69, 9.17) is 10.3 Å². The van der Waals surface area contributed by atoms with Crippen LogP contribution in [0.25, 0.3) is 0 Å². The summed E-state index contributed by atoms with van der Waals surface area (Å²) >= 11 is 0. The quantitative estimate of drug-likeness (QED) is 0.572. The third kappa shape index (κ3) is 10.8. The number of rotatable bonds is 2. The van der Waals surface area contributed by atoms with Crippen LogP contribution in [0.2, 0.25) is 0 Å². The molecule has 6 heteroatoms. The molecule has 0 aromatic rings. The number of hydrogen-bond donors (Lipinski definition) is 2. The van der Waals surface area contributed by atoms with Crippen LogP contribution in [0.5, 0.6) is 0 Å². The van der Waals surface area contributed by atoms with Gasteiger partial charge in [0.05, 0.1) is 5.75 Å². The van der Waals surface area contributed by atoms with E-state index in [0.29, 0.717) is 0 Å². The Balaban J connectivity index is 0. The molecule has 0 aromatic carbocycles. The van der Waals surface area contributed by atoms with E-state index < -0.39 is 10.1 Å². The molecule has 4 nitrogen and oxygen atoms in total. The van der Waals surface area contributed by atoms with Crippen molar-refractivity contribution in [2.75, 3.05) is 12.3 Å². The molecular weight excluding hydrogens is 251 g/mol. The van der Waals surface area contributed by atoms with E-state index >= 15 is 0 Å². The van der Waals surface area contributed by atoms with Crippen molar-refractivity contribution in [3.05, 3.63) is 0 Å². The Bertz CT molecular complexity index is 130. The molecule has 0 aromatic heterocycles. The summed E-state index contributed by atoms with van der Waals surface area (Å²) in [5.41, 5.74) is 4.78. The van der Waals surface area contributed by atoms with Crippen molar-refractivity contribution in [3.8, 4) is 0 Å². The van der Waals surface area contributed by atoms with Crippen molar-refractivity contribution in [2.45, 2.75) is 0 Å². The van der Waals surface area contributed by atoms with Crippen molar-refractivity contribution in [3.63, 3.8) is 0 Å². The average molecular weight is 259 g/mol. The molecule has 46 valence electrons. The van der Waals surface area contributed by atoms with Gasteiger partial charge in [0, 0.05) is 6.54 Å². The molecule has 0 radical (unpaired) electrons. The van der Waals surface area contributed by atoms with E-state index in [9.17, 15) is 8.42 Å². The monoisotopic (exact) mass is 259 g/mol. The Labute approximate surface area is 107 Å². The van der Waals surface area contributed by atoms with Crippen molar-refractivity contribution in [1.29, 1.82) is 0 Å². The predicted octanol–water partition coefficient (Wildman–Crippen LogP) is -1.82. The summed E-state index contributed by atoms with van der Waals surface area (Å²) in [6.45, 7) is -0.0289. The first-order chi connectivity index (χ1) is 3.06. The number of hydrogen-bond acceptors (Lipinski definition) is 3. The van der Waals surface area contributed by atoms with Crippen LogP contribution in [-0.4, -0.2) is 94.2 Å². The third-order valence-corrected chi connectivity index (χ3v) is 1.13. The van der Waals surface area contributed by atoms with Gasteiger partial charge in [0.15, 0.2) is 0 Å². The molecule has 0 saturated heterocycles. The van der Waals surface area contributed by atoms with E-state index in [2.05, 4.69) is 0 Å². The van der Waals surface area contributed by atoms with Crippen LogP contribution in [0, 0.1) is 0 Å². The van der Waals surface area contributed by atoms with Crippen LogP contribution in [0.15, 0.2) is 0 Å². The van der Waals surface area contributed by atoms with Crippen LogP contribution in [-0.2, 0) is 10.1 Å². The van der Waals surface area contributed by atoms with E-state index in [1.807, 2.05) is 0 Å². The van der Waals surface area contributed by atoms with Crippen LogP contribution < -0.4 is 5.73 Å². The average Bonchev–Trinajstić information content (AvgIpc) is 1.30. The van der Waals surface area contributed by atoms with Crippen molar-refractivity contribution < 1.29 is 13.0 Å². The zero-order chi connectivity index (χ0) is 5.91. The molecule has 0 saturated carbocycles. The first-order valence-electron chi connectivity index (χ1n) is 1.71. The van der Waals surface area contributed by atoms with Gasteiger partial charge in [-0.1, -0.05) is 0 Å². The molecule has 0 spiro atoms. The molecule has 0 amide bonds. The van der Waals surface area contributed by atoms with Gasteiger partial charge >= 0.3 is 68.9 Å². The fraction of sp³-hybridized carbons (Fsp3) is 1.00. The van der Waals surface area contributed by atoms with Crippen LogP contribution >= 0.6 is 0 Å². The van der Waals surface area contributed by atoms with E-state index in [1.54, 1.807) is 0 Å². The SMILES string of the molecule is NCCS(=O)(=O)O.[CsH]. The van der Waals surface area contributed by atoms with Gasteiger partial charge in [0.1, 0.15) is 0 Å². The van der Waals surface area contributed by atoms with Crippen LogP contribution in [0.1, 0.15) is 0 Å². The van der Waals surface area contributed by atoms with Crippen molar-refractivity contribution >= 4 is 79.0 Å². The van der Waals surface area contributed by atoms with E-state index in [1.165, 1.54) is 0 Å². The van der Waals surface area contributed by atoms with Gasteiger partial charge in [0.25, 0.3) is 10.1 Å². The van der Waals surface area contributed by atoms with Gasteiger partial charge in [0.2, 0.25) is 0 Å². The Kier molecular flexibility index (Phi) is 8.95. The Morgan fingerprint density at radius 3 is 1.88 bits per heavy atom. The Morgan fingerprint density at radius 2 is 1.88 bits per heavy atom. The molecule has 0 aliphatic carbocycles. The maximum atomic E-state index is 9.71. The van der Waals surface area contributed by atoms with E-state index in [-0.39, 0.29) is 81.2 Å². The van der Waals surface area contributed by atoms with Crippen LogP contribution in [0.4, 0.5) is 0 Å². The normalized spacial score (nSPS) is 10.2. The summed E-state index contributed by atoms with van der Waals surface area (Å²) in [4.78, 5) is 0. The first-order valence-corrected chi connectivity index (χ1v) is 3.32. The van der Waals surface area contributed by atoms with Gasteiger partial charge < -0.3 is 5.73 Å². The standard InChI is InChI=1S/C2H7NO3S.Cs.H/c3-1-2-7(4,5)6;;/h1-3H2,(H,4,5,6);;. The molecule has 0 unspecified atom stereocenters. The molecule has 0 aliphatic heterocycles. The molecule has 0 rings (SSSR count). The second kappa shape index (κ2) is 5.69. The van der Waals surface area contributed by atoms with Gasteiger partial charge in [-0.25, -0.2) is 0 Å². The maximum absolute atomic E-state index is 9.71. The van der Waals surface area contributed by atoms with Gasteiger partial charge in [-0.15, -0.1) is 0 Å². The summed E-state index contributed by atoms with van der Waals surface area (Å²) in [6.07, 6.45) is 0. The predicted molar refractivity (Wildman–Crippen MR) is 32.6 cm³/mol. The topological polar surface area (TPSA) is 80.4 Å². The van der Waals surface area contributed by atoms with Gasteiger partial charge in [-0.2, -0.15) is 8.42 Å². The number of nitrogens with two attached hydrogens (primary N) is 1. The summed E-state index contributed by atoms with van der Waals surface area (Å²) in [5.74, 6) is -0.354. The molecule has 8 heavy (non-hydrogen) atoms. The molecule has 0 fully saturated rings. The molecular formula is C2H8CsNO3S. The second-order valence-electron chi connectivity index (χ2n) is 1.07. The molecule has 0 bridgehead atoms. The Hall–Kier alpha value is 1.92. The first kappa shape index (κ1) is 12.6. The second-order valence-corrected chi connectivity index (χ2v) is 2.65. The summed E-state index contributed by atoms with van der Waals surface area (Å²) in [7, 11) is -3.80. The molecule has 0 aliphatic rings. The Morgan fingerprint density at radius 1 is 1.50 bits per heavy atom. The molecule has 0 atom stereocenters. The fourth-order valence-electron chi connectivity index (χ4n) is 0.149. The van der Waals surface area contributed by atoms with Gasteiger partial charge in [-0.3, -0.25) is 4.55 Å². The summed E-state index contributed by atoms with van der Waals surface area (Å²) < 4.78 is 27.3. The summed E-state index contributed by atoms with van der Waals surface area (Å²) in [6, 6.07) is 0. The van der Waals surface area contributed by atoms with Crippen LogP contribution in [0.3, 0.4) is 0 Å². The minimum absolute atomic E-state index is 0. The van der Waals surface area contributed by atoms with Crippen molar-refractivity contribution in [2.24, 2.45) is 5.73 Å². The zero-order valence-corrected chi connectivity index (χ0v) is 4.48. The molecule has 0 heterocycles. The zero-order valence-electron chi connectivity index (χ0n) is 3.66.